The fourth-order valence-corrected chi connectivity index (χ4v) is 6.75. The van der Waals surface area contributed by atoms with Crippen LogP contribution < -0.4 is 10.6 Å². The minimum absolute atomic E-state index is 0.0179. The van der Waals surface area contributed by atoms with Crippen molar-refractivity contribution in [2.24, 2.45) is 29.1 Å². The van der Waals surface area contributed by atoms with Crippen molar-refractivity contribution in [1.29, 1.82) is 0 Å². The highest BCUT2D eigenvalue weighted by Crippen LogP contribution is 2.55. The Kier molecular flexibility index (Phi) is 8.42. The topological polar surface area (TPSA) is 87.7 Å². The summed E-state index contributed by atoms with van der Waals surface area (Å²) < 4.78 is 5.03. The molecule has 0 unspecified atom stereocenters. The normalized spacial score (nSPS) is 37.5. The van der Waals surface area contributed by atoms with Crippen molar-refractivity contribution in [2.45, 2.75) is 103 Å². The fourth-order valence-electron chi connectivity index (χ4n) is 6.75. The monoisotopic (exact) mass is 436 g/mol. The average molecular weight is 437 g/mol. The number of carbonyl (C=O) groups excluding carboxylic acids is 2. The molecule has 3 N–H and O–H groups in total. The van der Waals surface area contributed by atoms with Crippen LogP contribution in [-0.2, 0) is 14.3 Å². The smallest absolute Gasteiger partial charge is 0.223 e. The standard InChI is InChI=1S/C25H44N2O4/c1-16(24(30)26-18-8-6-5-7-9-18)19-10-13-25(3)14-11-20(17(2)22(25)23(19)29)27-21(28)12-15-31-4/h16-20,22-23,29H,5-15H2,1-4H3,(H,26,30)(H,27,28)/t16-,17+,19+,20-,22+,23-,25-/m0/s1. The van der Waals surface area contributed by atoms with Crippen LogP contribution in [0.25, 0.3) is 0 Å². The molecule has 0 heterocycles. The van der Waals surface area contributed by atoms with Gasteiger partial charge in [-0.25, -0.2) is 0 Å². The van der Waals surface area contributed by atoms with Crippen molar-refractivity contribution in [3.05, 3.63) is 0 Å². The van der Waals surface area contributed by atoms with Crippen LogP contribution in [0, 0.1) is 29.1 Å². The van der Waals surface area contributed by atoms with Crippen LogP contribution in [-0.4, -0.2) is 48.8 Å². The molecule has 0 aliphatic heterocycles. The molecule has 6 nitrogen and oxygen atoms in total. The molecule has 31 heavy (non-hydrogen) atoms. The molecule has 3 saturated carbocycles. The van der Waals surface area contributed by atoms with Gasteiger partial charge in [0.25, 0.3) is 0 Å². The first-order valence-corrected chi connectivity index (χ1v) is 12.5. The van der Waals surface area contributed by atoms with Crippen molar-refractivity contribution in [3.63, 3.8) is 0 Å². The Morgan fingerprint density at radius 1 is 1.10 bits per heavy atom. The highest BCUT2D eigenvalue weighted by molar-refractivity contribution is 5.79. The molecular weight excluding hydrogens is 392 g/mol. The van der Waals surface area contributed by atoms with E-state index in [1.807, 2.05) is 6.92 Å². The molecule has 3 rings (SSSR count). The molecule has 178 valence electrons. The molecule has 0 bridgehead atoms. The molecule has 0 saturated heterocycles. The Balaban J connectivity index is 1.64. The maximum absolute atomic E-state index is 13.0. The average Bonchev–Trinajstić information content (AvgIpc) is 2.74. The lowest BCUT2D eigenvalue weighted by Gasteiger charge is -2.56. The number of carbonyl (C=O) groups is 2. The quantitative estimate of drug-likeness (QED) is 0.571. The van der Waals surface area contributed by atoms with Crippen molar-refractivity contribution in [3.8, 4) is 0 Å². The highest BCUT2D eigenvalue weighted by atomic mass is 16.5. The van der Waals surface area contributed by atoms with E-state index in [-0.39, 0.29) is 46.9 Å². The maximum atomic E-state index is 13.0. The second kappa shape index (κ2) is 10.7. The summed E-state index contributed by atoms with van der Waals surface area (Å²) in [5, 5.41) is 18.0. The summed E-state index contributed by atoms with van der Waals surface area (Å²) >= 11 is 0. The Bertz CT molecular complexity index is 621. The second-order valence-corrected chi connectivity index (χ2v) is 10.8. The number of ether oxygens (including phenoxy) is 1. The fraction of sp³-hybridized carbons (Fsp3) is 0.920. The Morgan fingerprint density at radius 3 is 2.45 bits per heavy atom. The number of aliphatic hydroxyl groups is 1. The Hall–Kier alpha value is -1.14. The second-order valence-electron chi connectivity index (χ2n) is 10.8. The van der Waals surface area contributed by atoms with Crippen LogP contribution in [0.3, 0.4) is 0 Å². The molecule has 3 aliphatic carbocycles. The van der Waals surface area contributed by atoms with Gasteiger partial charge in [-0.2, -0.15) is 0 Å². The molecule has 3 aliphatic rings. The van der Waals surface area contributed by atoms with Crippen LogP contribution in [0.15, 0.2) is 0 Å². The minimum Gasteiger partial charge on any atom is -0.392 e. The number of methoxy groups -OCH3 is 1. The van der Waals surface area contributed by atoms with E-state index in [4.69, 9.17) is 4.74 Å². The van der Waals surface area contributed by atoms with Gasteiger partial charge in [-0.05, 0) is 61.7 Å². The SMILES string of the molecule is COCCC(=O)N[C@H]1CC[C@]2(C)CC[C@H]([C@H](C)C(=O)NC3CCCCC3)[C@H](O)[C@H]2[C@@H]1C. The van der Waals surface area contributed by atoms with Gasteiger partial charge < -0.3 is 20.5 Å². The minimum atomic E-state index is -0.514. The van der Waals surface area contributed by atoms with E-state index >= 15 is 0 Å². The van der Waals surface area contributed by atoms with Gasteiger partial charge in [0.1, 0.15) is 0 Å². The van der Waals surface area contributed by atoms with Crippen LogP contribution in [0.1, 0.15) is 85.0 Å². The molecule has 0 spiro atoms. The molecule has 0 aromatic heterocycles. The number of rotatable bonds is 7. The zero-order valence-electron chi connectivity index (χ0n) is 20.0. The molecule has 0 aromatic rings. The van der Waals surface area contributed by atoms with Gasteiger partial charge in [0.05, 0.1) is 12.7 Å². The summed E-state index contributed by atoms with van der Waals surface area (Å²) in [6.07, 6.45) is 9.55. The lowest BCUT2D eigenvalue weighted by molar-refractivity contribution is -0.144. The molecule has 3 fully saturated rings. The van der Waals surface area contributed by atoms with Gasteiger partial charge >= 0.3 is 0 Å². The van der Waals surface area contributed by atoms with E-state index in [1.165, 1.54) is 19.3 Å². The number of fused-ring (bicyclic) bond motifs is 1. The van der Waals surface area contributed by atoms with Gasteiger partial charge in [-0.15, -0.1) is 0 Å². The van der Waals surface area contributed by atoms with Crippen LogP contribution in [0.4, 0.5) is 0 Å². The van der Waals surface area contributed by atoms with Gasteiger partial charge in [0.2, 0.25) is 11.8 Å². The lowest BCUT2D eigenvalue weighted by atomic mass is 9.51. The number of nitrogens with one attached hydrogen (secondary N) is 2. The zero-order chi connectivity index (χ0) is 22.6. The first-order valence-electron chi connectivity index (χ1n) is 12.5. The van der Waals surface area contributed by atoms with Crippen LogP contribution in [0.2, 0.25) is 0 Å². The van der Waals surface area contributed by atoms with E-state index in [0.717, 1.165) is 38.5 Å². The van der Waals surface area contributed by atoms with Crippen LogP contribution in [0.5, 0.6) is 0 Å². The van der Waals surface area contributed by atoms with Crippen molar-refractivity contribution >= 4 is 11.8 Å². The molecule has 6 heteroatoms. The van der Waals surface area contributed by atoms with Gasteiger partial charge in [0, 0.05) is 31.5 Å². The number of aliphatic hydroxyl groups excluding tert-OH is 1. The summed E-state index contributed by atoms with van der Waals surface area (Å²) in [7, 11) is 1.60. The van der Waals surface area contributed by atoms with E-state index in [1.54, 1.807) is 7.11 Å². The summed E-state index contributed by atoms with van der Waals surface area (Å²) in [6, 6.07) is 0.372. The number of amides is 2. The van der Waals surface area contributed by atoms with Gasteiger partial charge in [0.15, 0.2) is 0 Å². The maximum Gasteiger partial charge on any atom is 0.223 e. The lowest BCUT2D eigenvalue weighted by Crippen LogP contribution is -2.58. The molecule has 0 aromatic carbocycles. The Labute approximate surface area is 188 Å². The molecular formula is C25H44N2O4. The van der Waals surface area contributed by atoms with E-state index in [0.29, 0.717) is 19.1 Å². The summed E-state index contributed by atoms with van der Waals surface area (Å²) in [4.78, 5) is 25.3. The third-order valence-corrected chi connectivity index (χ3v) is 8.77. The van der Waals surface area contributed by atoms with Crippen LogP contribution >= 0.6 is 0 Å². The van der Waals surface area contributed by atoms with Crippen molar-refractivity contribution in [1.82, 2.24) is 10.6 Å². The van der Waals surface area contributed by atoms with Crippen molar-refractivity contribution in [2.75, 3.05) is 13.7 Å². The predicted molar refractivity (Wildman–Crippen MR) is 121 cm³/mol. The summed E-state index contributed by atoms with van der Waals surface area (Å²) in [5.41, 5.74) is 0.0721. The van der Waals surface area contributed by atoms with E-state index < -0.39 is 6.10 Å². The third kappa shape index (κ3) is 5.62. The first-order chi connectivity index (χ1) is 14.8. The molecule has 0 radical (unpaired) electrons. The number of hydrogen-bond acceptors (Lipinski definition) is 4. The summed E-state index contributed by atoms with van der Waals surface area (Å²) in [6.45, 7) is 6.88. The van der Waals surface area contributed by atoms with E-state index in [2.05, 4.69) is 24.5 Å². The highest BCUT2D eigenvalue weighted by Gasteiger charge is 2.53. The molecule has 2 amide bonds. The predicted octanol–water partition coefficient (Wildman–Crippen LogP) is 3.42. The Morgan fingerprint density at radius 2 is 1.77 bits per heavy atom. The summed E-state index contributed by atoms with van der Waals surface area (Å²) in [5.74, 6) is 0.184. The zero-order valence-corrected chi connectivity index (χ0v) is 20.0. The van der Waals surface area contributed by atoms with E-state index in [9.17, 15) is 14.7 Å². The third-order valence-electron chi connectivity index (χ3n) is 8.77. The van der Waals surface area contributed by atoms with Gasteiger partial charge in [-0.3, -0.25) is 9.59 Å². The number of hydrogen-bond donors (Lipinski definition) is 3. The largest absolute Gasteiger partial charge is 0.392 e. The van der Waals surface area contributed by atoms with Gasteiger partial charge in [-0.1, -0.05) is 40.0 Å². The molecule has 7 atom stereocenters. The van der Waals surface area contributed by atoms with Crippen molar-refractivity contribution < 1.29 is 19.4 Å². The first kappa shape index (κ1) is 24.5.